The highest BCUT2D eigenvalue weighted by Crippen LogP contribution is 2.02. The zero-order chi connectivity index (χ0) is 12.1. The van der Waals surface area contributed by atoms with Gasteiger partial charge < -0.3 is 9.84 Å². The molecule has 0 fully saturated rings. The molecule has 0 aliphatic carbocycles. The van der Waals surface area contributed by atoms with Crippen LogP contribution in [0.1, 0.15) is 20.8 Å². The molecule has 6 heteroatoms. The summed E-state index contributed by atoms with van der Waals surface area (Å²) in [7, 11) is -3.58. The van der Waals surface area contributed by atoms with Crippen molar-refractivity contribution in [1.82, 2.24) is 0 Å². The van der Waals surface area contributed by atoms with Crippen molar-refractivity contribution in [3.05, 3.63) is 0 Å². The molecule has 15 heavy (non-hydrogen) atoms. The molecule has 1 N–H and O–H groups in total. The van der Waals surface area contributed by atoms with Crippen LogP contribution >= 0.6 is 0 Å². The van der Waals surface area contributed by atoms with E-state index in [1.165, 1.54) is 6.92 Å². The molecule has 0 bridgehead atoms. The van der Waals surface area contributed by atoms with Gasteiger partial charge in [-0.2, -0.15) is 0 Å². The van der Waals surface area contributed by atoms with Gasteiger partial charge in [0.25, 0.3) is 0 Å². The second-order valence-electron chi connectivity index (χ2n) is 3.82. The average molecular weight is 238 g/mol. The van der Waals surface area contributed by atoms with Gasteiger partial charge in [-0.25, -0.2) is 8.42 Å². The van der Waals surface area contributed by atoms with Crippen LogP contribution in [0.15, 0.2) is 0 Å². The second kappa shape index (κ2) is 6.07. The molecule has 90 valence electrons. The molecule has 0 amide bonds. The summed E-state index contributed by atoms with van der Waals surface area (Å²) in [4.78, 5) is 10.5. The van der Waals surface area contributed by atoms with E-state index in [1.807, 2.05) is 13.8 Å². The summed E-state index contributed by atoms with van der Waals surface area (Å²) in [6.07, 6.45) is 0. The van der Waals surface area contributed by atoms with Crippen LogP contribution in [0.25, 0.3) is 0 Å². The third-order valence-electron chi connectivity index (χ3n) is 1.85. The molecule has 0 aliphatic heterocycles. The predicted octanol–water partition coefficient (Wildman–Crippen LogP) is 0.547. The summed E-state index contributed by atoms with van der Waals surface area (Å²) in [6.45, 7) is 5.61. The summed E-state index contributed by atoms with van der Waals surface area (Å²) in [5, 5.41) is 7.18. The van der Waals surface area contributed by atoms with Gasteiger partial charge in [0.15, 0.2) is 15.1 Å². The van der Waals surface area contributed by atoms with E-state index in [0.717, 1.165) is 0 Å². The molecule has 0 rings (SSSR count). The zero-order valence-corrected chi connectivity index (χ0v) is 10.1. The van der Waals surface area contributed by atoms with Crippen LogP contribution in [-0.4, -0.2) is 43.7 Å². The minimum Gasteiger partial charge on any atom is -0.480 e. The number of carboxylic acid groups (broad SMARTS) is 1. The van der Waals surface area contributed by atoms with E-state index in [-0.39, 0.29) is 12.4 Å². The highest BCUT2D eigenvalue weighted by molar-refractivity contribution is 7.92. The molecule has 0 aromatic heterocycles. The van der Waals surface area contributed by atoms with Gasteiger partial charge in [-0.3, -0.25) is 4.79 Å². The van der Waals surface area contributed by atoms with Crippen LogP contribution in [-0.2, 0) is 19.4 Å². The van der Waals surface area contributed by atoms with Crippen molar-refractivity contribution in [2.75, 3.05) is 19.0 Å². The molecule has 0 spiro atoms. The fraction of sp³-hybridized carbons (Fsp3) is 0.889. The SMILES string of the molecule is CC(C)COCCS(=O)(=O)C(C)C(=O)O. The molecule has 0 saturated heterocycles. The van der Waals surface area contributed by atoms with Gasteiger partial charge in [-0.1, -0.05) is 13.8 Å². The second-order valence-corrected chi connectivity index (χ2v) is 6.26. The summed E-state index contributed by atoms with van der Waals surface area (Å²) >= 11 is 0. The molecule has 0 aliphatic rings. The van der Waals surface area contributed by atoms with E-state index in [0.29, 0.717) is 12.5 Å². The molecule has 1 unspecified atom stereocenters. The number of rotatable bonds is 7. The van der Waals surface area contributed by atoms with E-state index in [1.54, 1.807) is 0 Å². The molecule has 5 nitrogen and oxygen atoms in total. The van der Waals surface area contributed by atoms with Crippen molar-refractivity contribution in [1.29, 1.82) is 0 Å². The van der Waals surface area contributed by atoms with Crippen LogP contribution in [0.3, 0.4) is 0 Å². The van der Waals surface area contributed by atoms with Crippen molar-refractivity contribution >= 4 is 15.8 Å². The molecular weight excluding hydrogens is 220 g/mol. The highest BCUT2D eigenvalue weighted by Gasteiger charge is 2.26. The Morgan fingerprint density at radius 2 is 1.87 bits per heavy atom. The lowest BCUT2D eigenvalue weighted by atomic mass is 10.2. The summed E-state index contributed by atoms with van der Waals surface area (Å²) < 4.78 is 27.8. The standard InChI is InChI=1S/C9H18O5S/c1-7(2)6-14-4-5-15(12,13)8(3)9(10)11/h7-8H,4-6H2,1-3H3,(H,10,11). The largest absolute Gasteiger partial charge is 0.480 e. The third-order valence-corrected chi connectivity index (χ3v) is 3.86. The van der Waals surface area contributed by atoms with Gasteiger partial charge in [0.1, 0.15) is 0 Å². The Bertz CT molecular complexity index is 294. The summed E-state index contributed by atoms with van der Waals surface area (Å²) in [6, 6.07) is 0. The third kappa shape index (κ3) is 5.74. The number of sulfone groups is 1. The fourth-order valence-corrected chi connectivity index (χ4v) is 1.84. The average Bonchev–Trinajstić information content (AvgIpc) is 2.10. The maximum atomic E-state index is 11.4. The highest BCUT2D eigenvalue weighted by atomic mass is 32.2. The first kappa shape index (κ1) is 14.4. The lowest BCUT2D eigenvalue weighted by Gasteiger charge is -2.09. The van der Waals surface area contributed by atoms with E-state index >= 15 is 0 Å². The molecule has 0 radical (unpaired) electrons. The number of ether oxygens (including phenoxy) is 1. The van der Waals surface area contributed by atoms with Gasteiger partial charge in [-0.15, -0.1) is 0 Å². The number of aliphatic carboxylic acids is 1. The van der Waals surface area contributed by atoms with Crippen LogP contribution in [0.5, 0.6) is 0 Å². The van der Waals surface area contributed by atoms with Crippen molar-refractivity contribution in [3.63, 3.8) is 0 Å². The van der Waals surface area contributed by atoms with E-state index < -0.39 is 21.1 Å². The molecule has 1 atom stereocenters. The lowest BCUT2D eigenvalue weighted by Crippen LogP contribution is -2.30. The number of hydrogen-bond acceptors (Lipinski definition) is 4. The normalized spacial score (nSPS) is 14.1. The minimum atomic E-state index is -3.58. The van der Waals surface area contributed by atoms with Gasteiger partial charge in [0.05, 0.1) is 12.4 Å². The van der Waals surface area contributed by atoms with Crippen LogP contribution in [0, 0.1) is 5.92 Å². The predicted molar refractivity (Wildman–Crippen MR) is 56.5 cm³/mol. The summed E-state index contributed by atoms with van der Waals surface area (Å²) in [5.41, 5.74) is 0. The van der Waals surface area contributed by atoms with E-state index in [2.05, 4.69) is 0 Å². The van der Waals surface area contributed by atoms with E-state index in [4.69, 9.17) is 9.84 Å². The number of carbonyl (C=O) groups is 1. The Morgan fingerprint density at radius 3 is 2.27 bits per heavy atom. The van der Waals surface area contributed by atoms with Crippen molar-refractivity contribution in [2.24, 2.45) is 5.92 Å². The number of hydrogen-bond donors (Lipinski definition) is 1. The molecule has 0 heterocycles. The smallest absolute Gasteiger partial charge is 0.321 e. The quantitative estimate of drug-likeness (QED) is 0.655. The first-order valence-electron chi connectivity index (χ1n) is 4.79. The Balaban J connectivity index is 4.01. The van der Waals surface area contributed by atoms with Gasteiger partial charge in [0.2, 0.25) is 0 Å². The van der Waals surface area contributed by atoms with Crippen molar-refractivity contribution in [3.8, 4) is 0 Å². The first-order chi connectivity index (χ1) is 6.77. The zero-order valence-electron chi connectivity index (χ0n) is 9.26. The minimum absolute atomic E-state index is 0.0537. The van der Waals surface area contributed by atoms with Gasteiger partial charge in [0, 0.05) is 6.61 Å². The topological polar surface area (TPSA) is 80.7 Å². The lowest BCUT2D eigenvalue weighted by molar-refractivity contribution is -0.136. The van der Waals surface area contributed by atoms with Gasteiger partial charge >= 0.3 is 5.97 Å². The molecule has 0 aromatic rings. The van der Waals surface area contributed by atoms with Crippen LogP contribution < -0.4 is 0 Å². The summed E-state index contributed by atoms with van der Waals surface area (Å²) in [5.74, 6) is -1.23. The monoisotopic (exact) mass is 238 g/mol. The van der Waals surface area contributed by atoms with Crippen molar-refractivity contribution in [2.45, 2.75) is 26.0 Å². The fourth-order valence-electron chi connectivity index (χ4n) is 0.824. The van der Waals surface area contributed by atoms with Crippen LogP contribution in [0.4, 0.5) is 0 Å². The van der Waals surface area contributed by atoms with Gasteiger partial charge in [-0.05, 0) is 12.8 Å². The maximum Gasteiger partial charge on any atom is 0.321 e. The maximum absolute atomic E-state index is 11.4. The van der Waals surface area contributed by atoms with Crippen LogP contribution in [0.2, 0.25) is 0 Å². The van der Waals surface area contributed by atoms with Crippen molar-refractivity contribution < 1.29 is 23.1 Å². The molecular formula is C9H18O5S. The Labute approximate surface area is 90.4 Å². The molecule has 0 saturated carbocycles. The molecule has 0 aromatic carbocycles. The number of carboxylic acids is 1. The Hall–Kier alpha value is -0.620. The Morgan fingerprint density at radius 1 is 1.33 bits per heavy atom. The van der Waals surface area contributed by atoms with E-state index in [9.17, 15) is 13.2 Å². The first-order valence-corrected chi connectivity index (χ1v) is 6.51. The Kier molecular flexibility index (Phi) is 5.82.